The molecular weight excluding hydrogens is 240 g/mol. The Balaban J connectivity index is 2.37. The maximum Gasteiger partial charge on any atom is 0.234 e. The zero-order valence-electron chi connectivity index (χ0n) is 11.7. The summed E-state index contributed by atoms with van der Waals surface area (Å²) in [6.45, 7) is 4.35. The molecule has 3 N–H and O–H groups in total. The van der Waals surface area contributed by atoms with Crippen molar-refractivity contribution in [1.29, 1.82) is 0 Å². The topological polar surface area (TPSA) is 61.4 Å². The first-order valence-corrected chi connectivity index (χ1v) is 6.83. The Morgan fingerprint density at radius 1 is 1.32 bits per heavy atom. The van der Waals surface area contributed by atoms with Gasteiger partial charge in [-0.3, -0.25) is 4.79 Å². The lowest BCUT2D eigenvalue weighted by Crippen LogP contribution is -2.44. The standard InChI is InChI=1S/C15H24N2O2/c1-3-12(2)16-10-15(19)17-14(11-18)9-13-7-5-4-6-8-13/h4-8,12,14,16,18H,3,9-11H2,1-2H3,(H,17,19)/t12?,14-/m0/s1. The van der Waals surface area contributed by atoms with Crippen LogP contribution in [0.15, 0.2) is 30.3 Å². The molecule has 0 bridgehead atoms. The fourth-order valence-corrected chi connectivity index (χ4v) is 1.75. The first kappa shape index (κ1) is 15.7. The number of rotatable bonds is 8. The second-order valence-corrected chi connectivity index (χ2v) is 4.83. The Kier molecular flexibility index (Phi) is 7.15. The molecule has 0 heterocycles. The zero-order valence-corrected chi connectivity index (χ0v) is 11.7. The highest BCUT2D eigenvalue weighted by atomic mass is 16.3. The quantitative estimate of drug-likeness (QED) is 0.659. The van der Waals surface area contributed by atoms with Crippen molar-refractivity contribution in [3.8, 4) is 0 Å². The molecule has 4 heteroatoms. The van der Waals surface area contributed by atoms with Crippen LogP contribution in [0.2, 0.25) is 0 Å². The smallest absolute Gasteiger partial charge is 0.234 e. The molecule has 0 saturated carbocycles. The van der Waals surface area contributed by atoms with Crippen molar-refractivity contribution in [1.82, 2.24) is 10.6 Å². The number of carbonyl (C=O) groups is 1. The normalized spacial score (nSPS) is 13.8. The Bertz CT molecular complexity index is 368. The van der Waals surface area contributed by atoms with Gasteiger partial charge in [-0.15, -0.1) is 0 Å². The average molecular weight is 264 g/mol. The fraction of sp³-hybridized carbons (Fsp3) is 0.533. The molecule has 0 aliphatic rings. The van der Waals surface area contributed by atoms with Gasteiger partial charge < -0.3 is 15.7 Å². The van der Waals surface area contributed by atoms with Crippen molar-refractivity contribution in [2.45, 2.75) is 38.8 Å². The van der Waals surface area contributed by atoms with Crippen LogP contribution in [0.3, 0.4) is 0 Å². The zero-order chi connectivity index (χ0) is 14.1. The molecule has 1 rings (SSSR count). The molecule has 0 fully saturated rings. The van der Waals surface area contributed by atoms with Gasteiger partial charge in [0.25, 0.3) is 0 Å². The lowest BCUT2D eigenvalue weighted by Gasteiger charge is -2.18. The summed E-state index contributed by atoms with van der Waals surface area (Å²) in [7, 11) is 0. The van der Waals surface area contributed by atoms with Crippen LogP contribution >= 0.6 is 0 Å². The van der Waals surface area contributed by atoms with Gasteiger partial charge in [0.1, 0.15) is 0 Å². The van der Waals surface area contributed by atoms with E-state index in [9.17, 15) is 9.90 Å². The minimum absolute atomic E-state index is 0.0516. The highest BCUT2D eigenvalue weighted by molar-refractivity contribution is 5.78. The van der Waals surface area contributed by atoms with Crippen LogP contribution in [0.1, 0.15) is 25.8 Å². The van der Waals surface area contributed by atoms with E-state index >= 15 is 0 Å². The summed E-state index contributed by atoms with van der Waals surface area (Å²) in [5.41, 5.74) is 1.11. The molecule has 0 aromatic heterocycles. The SMILES string of the molecule is CCC(C)NCC(=O)N[C@H](CO)Cc1ccccc1. The Hall–Kier alpha value is -1.39. The molecule has 0 aliphatic carbocycles. The summed E-state index contributed by atoms with van der Waals surface area (Å²) in [6, 6.07) is 9.94. The van der Waals surface area contributed by atoms with Crippen molar-refractivity contribution in [2.75, 3.05) is 13.2 Å². The van der Waals surface area contributed by atoms with Gasteiger partial charge in [0.05, 0.1) is 19.2 Å². The molecule has 19 heavy (non-hydrogen) atoms. The van der Waals surface area contributed by atoms with Crippen molar-refractivity contribution in [3.05, 3.63) is 35.9 Å². The van der Waals surface area contributed by atoms with Crippen LogP contribution in [0.25, 0.3) is 0 Å². The van der Waals surface area contributed by atoms with E-state index in [1.54, 1.807) is 0 Å². The molecule has 0 radical (unpaired) electrons. The molecule has 106 valence electrons. The van der Waals surface area contributed by atoms with Crippen LogP contribution in [0.4, 0.5) is 0 Å². The maximum atomic E-state index is 11.7. The summed E-state index contributed by atoms with van der Waals surface area (Å²) in [5.74, 6) is -0.0738. The first-order chi connectivity index (χ1) is 9.15. The molecule has 1 aromatic carbocycles. The van der Waals surface area contributed by atoms with Gasteiger partial charge in [0.15, 0.2) is 0 Å². The summed E-state index contributed by atoms with van der Waals surface area (Å²) >= 11 is 0. The second-order valence-electron chi connectivity index (χ2n) is 4.83. The van der Waals surface area contributed by atoms with Crippen LogP contribution in [0, 0.1) is 0 Å². The number of benzene rings is 1. The molecule has 0 spiro atoms. The highest BCUT2D eigenvalue weighted by Gasteiger charge is 2.12. The van der Waals surface area contributed by atoms with Crippen LogP contribution in [-0.2, 0) is 11.2 Å². The maximum absolute atomic E-state index is 11.7. The number of hydrogen-bond acceptors (Lipinski definition) is 3. The van der Waals surface area contributed by atoms with Crippen molar-refractivity contribution >= 4 is 5.91 Å². The van der Waals surface area contributed by atoms with E-state index in [0.717, 1.165) is 12.0 Å². The fourth-order valence-electron chi connectivity index (χ4n) is 1.75. The molecule has 0 saturated heterocycles. The average Bonchev–Trinajstić information content (AvgIpc) is 2.45. The third kappa shape index (κ3) is 6.36. The number of aliphatic hydroxyl groups is 1. The van der Waals surface area contributed by atoms with Crippen molar-refractivity contribution in [3.63, 3.8) is 0 Å². The molecular formula is C15H24N2O2. The van der Waals surface area contributed by atoms with E-state index < -0.39 is 0 Å². The van der Waals surface area contributed by atoms with E-state index in [4.69, 9.17) is 0 Å². The Morgan fingerprint density at radius 2 is 2.00 bits per heavy atom. The van der Waals surface area contributed by atoms with Gasteiger partial charge >= 0.3 is 0 Å². The Morgan fingerprint density at radius 3 is 2.58 bits per heavy atom. The van der Waals surface area contributed by atoms with Crippen molar-refractivity contribution < 1.29 is 9.90 Å². The lowest BCUT2D eigenvalue weighted by molar-refractivity contribution is -0.121. The van der Waals surface area contributed by atoms with Gasteiger partial charge in [-0.05, 0) is 25.3 Å². The van der Waals surface area contributed by atoms with Gasteiger partial charge in [0, 0.05) is 6.04 Å². The summed E-state index contributed by atoms with van der Waals surface area (Å²) < 4.78 is 0. The number of hydrogen-bond donors (Lipinski definition) is 3. The molecule has 4 nitrogen and oxygen atoms in total. The molecule has 0 aliphatic heterocycles. The van der Waals surface area contributed by atoms with Gasteiger partial charge in [0.2, 0.25) is 5.91 Å². The molecule has 2 atom stereocenters. The predicted molar refractivity (Wildman–Crippen MR) is 76.9 cm³/mol. The summed E-state index contributed by atoms with van der Waals surface area (Å²) in [5, 5.41) is 15.3. The Labute approximate surface area is 115 Å². The number of nitrogens with one attached hydrogen (secondary N) is 2. The largest absolute Gasteiger partial charge is 0.394 e. The van der Waals surface area contributed by atoms with E-state index in [1.165, 1.54) is 0 Å². The minimum Gasteiger partial charge on any atom is -0.394 e. The summed E-state index contributed by atoms with van der Waals surface area (Å²) in [4.78, 5) is 11.7. The second kappa shape index (κ2) is 8.67. The number of amides is 1. The predicted octanol–water partition coefficient (Wildman–Crippen LogP) is 1.09. The number of carbonyl (C=O) groups excluding carboxylic acids is 1. The van der Waals surface area contributed by atoms with Gasteiger partial charge in [-0.2, -0.15) is 0 Å². The molecule has 1 unspecified atom stereocenters. The lowest BCUT2D eigenvalue weighted by atomic mass is 10.1. The van der Waals surface area contributed by atoms with E-state index in [0.29, 0.717) is 19.0 Å². The number of aliphatic hydroxyl groups excluding tert-OH is 1. The van der Waals surface area contributed by atoms with Gasteiger partial charge in [-0.25, -0.2) is 0 Å². The molecule has 1 amide bonds. The van der Waals surface area contributed by atoms with Gasteiger partial charge in [-0.1, -0.05) is 37.3 Å². The van der Waals surface area contributed by atoms with E-state index in [1.807, 2.05) is 37.3 Å². The third-order valence-corrected chi connectivity index (χ3v) is 3.13. The van der Waals surface area contributed by atoms with Crippen LogP contribution in [0.5, 0.6) is 0 Å². The van der Waals surface area contributed by atoms with E-state index in [-0.39, 0.29) is 18.6 Å². The van der Waals surface area contributed by atoms with Crippen LogP contribution < -0.4 is 10.6 Å². The first-order valence-electron chi connectivity index (χ1n) is 6.83. The monoisotopic (exact) mass is 264 g/mol. The summed E-state index contributed by atoms with van der Waals surface area (Å²) in [6.07, 6.45) is 1.63. The molecule has 1 aromatic rings. The third-order valence-electron chi connectivity index (χ3n) is 3.13. The minimum atomic E-state index is -0.228. The van der Waals surface area contributed by atoms with E-state index in [2.05, 4.69) is 17.6 Å². The van der Waals surface area contributed by atoms with Crippen LogP contribution in [-0.4, -0.2) is 36.2 Å². The highest BCUT2D eigenvalue weighted by Crippen LogP contribution is 2.02. The van der Waals surface area contributed by atoms with Crippen molar-refractivity contribution in [2.24, 2.45) is 0 Å².